The van der Waals surface area contributed by atoms with Crippen LogP contribution in [0.4, 0.5) is 0 Å². The fourth-order valence-corrected chi connectivity index (χ4v) is 1.82. The van der Waals surface area contributed by atoms with E-state index in [1.54, 1.807) is 12.1 Å². The number of hydrogen-bond acceptors (Lipinski definition) is 3. The molecule has 0 aromatic heterocycles. The van der Waals surface area contributed by atoms with Crippen LogP contribution < -0.4 is 11.5 Å². The van der Waals surface area contributed by atoms with Crippen LogP contribution in [0.25, 0.3) is 0 Å². The van der Waals surface area contributed by atoms with Crippen molar-refractivity contribution < 1.29 is 4.79 Å². The molecule has 5 nitrogen and oxygen atoms in total. The fraction of sp³-hybridized carbons (Fsp3) is 0.0625. The Kier molecular flexibility index (Phi) is 6.79. The van der Waals surface area contributed by atoms with Gasteiger partial charge in [0.05, 0.1) is 12.1 Å². The van der Waals surface area contributed by atoms with Crippen LogP contribution in [-0.2, 0) is 0 Å². The molecule has 0 unspecified atom stereocenters. The molecule has 0 aliphatic rings. The molecule has 2 aromatic rings. The van der Waals surface area contributed by atoms with E-state index >= 15 is 0 Å². The first kappa shape index (κ1) is 17.4. The minimum Gasteiger partial charge on any atom is -0.369 e. The van der Waals surface area contributed by atoms with Gasteiger partial charge >= 0.3 is 0 Å². The molecule has 0 saturated heterocycles. The van der Waals surface area contributed by atoms with Crippen LogP contribution in [0.3, 0.4) is 0 Å². The first-order chi connectivity index (χ1) is 10.2. The molecule has 4 N–H and O–H groups in total. The van der Waals surface area contributed by atoms with Crippen molar-refractivity contribution >= 4 is 29.9 Å². The monoisotopic (exact) mass is 316 g/mol. The van der Waals surface area contributed by atoms with E-state index < -0.39 is 0 Å². The van der Waals surface area contributed by atoms with Gasteiger partial charge in [-0.3, -0.25) is 4.79 Å². The predicted octanol–water partition coefficient (Wildman–Crippen LogP) is 2.36. The number of ketones is 1. The molecule has 114 valence electrons. The van der Waals surface area contributed by atoms with Crippen molar-refractivity contribution in [2.45, 2.75) is 6.42 Å². The first-order valence-electron chi connectivity index (χ1n) is 6.46. The summed E-state index contributed by atoms with van der Waals surface area (Å²) in [6, 6.07) is 18.4. The Hall–Kier alpha value is -2.66. The van der Waals surface area contributed by atoms with E-state index in [9.17, 15) is 4.79 Å². The molecule has 0 radical (unpaired) electrons. The predicted molar refractivity (Wildman–Crippen MR) is 91.4 cm³/mol. The fourth-order valence-electron chi connectivity index (χ4n) is 1.82. The van der Waals surface area contributed by atoms with Gasteiger partial charge in [-0.05, 0) is 5.56 Å². The third kappa shape index (κ3) is 5.03. The molecule has 6 heteroatoms. The third-order valence-corrected chi connectivity index (χ3v) is 2.82. The van der Waals surface area contributed by atoms with Crippen molar-refractivity contribution in [2.24, 2.45) is 21.7 Å². The molecule has 2 rings (SSSR count). The summed E-state index contributed by atoms with van der Waals surface area (Å²) in [6.45, 7) is 0. The molecule has 0 fully saturated rings. The summed E-state index contributed by atoms with van der Waals surface area (Å²) in [7, 11) is 0. The van der Waals surface area contributed by atoms with Crippen LogP contribution in [-0.4, -0.2) is 17.5 Å². The second-order valence-corrected chi connectivity index (χ2v) is 4.40. The highest BCUT2D eigenvalue weighted by Gasteiger charge is 2.12. The molecule has 0 saturated carbocycles. The maximum atomic E-state index is 12.3. The van der Waals surface area contributed by atoms with Crippen LogP contribution in [0.2, 0.25) is 0 Å². The molecule has 2 aromatic carbocycles. The Balaban J connectivity index is 0.00000242. The number of carbonyl (C=O) groups is 1. The summed E-state index contributed by atoms with van der Waals surface area (Å²) in [5.74, 6) is -0.181. The molecule has 0 aliphatic heterocycles. The van der Waals surface area contributed by atoms with Crippen molar-refractivity contribution in [3.8, 4) is 0 Å². The summed E-state index contributed by atoms with van der Waals surface area (Å²) in [4.78, 5) is 12.3. The Morgan fingerprint density at radius 2 is 1.32 bits per heavy atom. The lowest BCUT2D eigenvalue weighted by Crippen LogP contribution is -2.22. The average Bonchev–Trinajstić information content (AvgIpc) is 2.52. The van der Waals surface area contributed by atoms with Gasteiger partial charge in [0.2, 0.25) is 5.96 Å². The summed E-state index contributed by atoms with van der Waals surface area (Å²) < 4.78 is 0. The number of guanidine groups is 1. The molecular formula is C16H17ClN4O. The van der Waals surface area contributed by atoms with E-state index in [-0.39, 0.29) is 30.6 Å². The maximum absolute atomic E-state index is 12.3. The lowest BCUT2D eigenvalue weighted by Gasteiger charge is -2.05. The van der Waals surface area contributed by atoms with Crippen LogP contribution in [0, 0.1) is 0 Å². The van der Waals surface area contributed by atoms with Crippen LogP contribution in [0.1, 0.15) is 22.3 Å². The lowest BCUT2D eigenvalue weighted by atomic mass is 10.0. The Labute approximate surface area is 135 Å². The SMILES string of the molecule is Cl.NC(N)=N/N=C(/CC(=O)c1ccccc1)c1ccccc1. The Morgan fingerprint density at radius 3 is 1.82 bits per heavy atom. The van der Waals surface area contributed by atoms with Crippen LogP contribution >= 0.6 is 12.4 Å². The number of halogens is 1. The highest BCUT2D eigenvalue weighted by atomic mass is 35.5. The third-order valence-electron chi connectivity index (χ3n) is 2.82. The summed E-state index contributed by atoms with van der Waals surface area (Å²) >= 11 is 0. The van der Waals surface area contributed by atoms with Gasteiger partial charge in [-0.15, -0.1) is 17.5 Å². The minimum absolute atomic E-state index is 0. The van der Waals surface area contributed by atoms with Crippen molar-refractivity contribution in [1.82, 2.24) is 0 Å². The summed E-state index contributed by atoms with van der Waals surface area (Å²) in [5.41, 5.74) is 12.6. The smallest absolute Gasteiger partial charge is 0.211 e. The number of nitrogens with two attached hydrogens (primary N) is 2. The van der Waals surface area contributed by atoms with Gasteiger partial charge in [0, 0.05) is 5.56 Å². The number of rotatable bonds is 5. The first-order valence-corrected chi connectivity index (χ1v) is 6.46. The van der Waals surface area contributed by atoms with E-state index in [0.29, 0.717) is 11.3 Å². The molecule has 0 aliphatic carbocycles. The van der Waals surface area contributed by atoms with Gasteiger partial charge in [0.1, 0.15) is 0 Å². The van der Waals surface area contributed by atoms with Gasteiger partial charge in [-0.1, -0.05) is 60.7 Å². The standard InChI is InChI=1S/C16H16N4O.ClH/c17-16(18)20-19-14(12-7-3-1-4-8-12)11-15(21)13-9-5-2-6-10-13;/h1-10H,11H2,(H4,17,18,20);1H/b19-14-;. The molecule has 22 heavy (non-hydrogen) atoms. The Bertz CT molecular complexity index is 665. The molecular weight excluding hydrogens is 300 g/mol. The highest BCUT2D eigenvalue weighted by Crippen LogP contribution is 2.10. The zero-order valence-corrected chi connectivity index (χ0v) is 12.7. The lowest BCUT2D eigenvalue weighted by molar-refractivity contribution is 0.100. The maximum Gasteiger partial charge on any atom is 0.211 e. The molecule has 0 atom stereocenters. The zero-order valence-electron chi connectivity index (χ0n) is 11.8. The van der Waals surface area contributed by atoms with E-state index in [0.717, 1.165) is 5.56 Å². The number of benzene rings is 2. The average molecular weight is 317 g/mol. The van der Waals surface area contributed by atoms with E-state index in [1.807, 2.05) is 48.5 Å². The normalized spacial score (nSPS) is 10.5. The number of nitrogens with zero attached hydrogens (tertiary/aromatic N) is 2. The van der Waals surface area contributed by atoms with E-state index in [4.69, 9.17) is 11.5 Å². The van der Waals surface area contributed by atoms with Crippen molar-refractivity contribution in [2.75, 3.05) is 0 Å². The van der Waals surface area contributed by atoms with Gasteiger partial charge < -0.3 is 11.5 Å². The zero-order chi connectivity index (χ0) is 15.1. The number of Topliss-reactive ketones (excluding diaryl/α,β-unsaturated/α-hetero) is 1. The largest absolute Gasteiger partial charge is 0.369 e. The second kappa shape index (κ2) is 8.59. The van der Waals surface area contributed by atoms with Crippen LogP contribution in [0.15, 0.2) is 70.9 Å². The van der Waals surface area contributed by atoms with Gasteiger partial charge in [0.25, 0.3) is 0 Å². The molecule has 0 heterocycles. The van der Waals surface area contributed by atoms with Gasteiger partial charge in [0.15, 0.2) is 5.78 Å². The van der Waals surface area contributed by atoms with Crippen molar-refractivity contribution in [1.29, 1.82) is 0 Å². The topological polar surface area (TPSA) is 93.8 Å². The minimum atomic E-state index is -0.143. The van der Waals surface area contributed by atoms with Crippen molar-refractivity contribution in [3.05, 3.63) is 71.8 Å². The summed E-state index contributed by atoms with van der Waals surface area (Å²) in [6.07, 6.45) is 0.130. The van der Waals surface area contributed by atoms with Gasteiger partial charge in [-0.25, -0.2) is 0 Å². The van der Waals surface area contributed by atoms with E-state index in [1.165, 1.54) is 0 Å². The molecule has 0 bridgehead atoms. The number of hydrogen-bond donors (Lipinski definition) is 2. The molecule has 0 spiro atoms. The van der Waals surface area contributed by atoms with Crippen molar-refractivity contribution in [3.63, 3.8) is 0 Å². The van der Waals surface area contributed by atoms with Crippen LogP contribution in [0.5, 0.6) is 0 Å². The Morgan fingerprint density at radius 1 is 0.818 bits per heavy atom. The summed E-state index contributed by atoms with van der Waals surface area (Å²) in [5, 5.41) is 7.65. The quantitative estimate of drug-likeness (QED) is 0.384. The highest BCUT2D eigenvalue weighted by molar-refractivity contribution is 6.15. The van der Waals surface area contributed by atoms with E-state index in [2.05, 4.69) is 10.2 Å². The second-order valence-electron chi connectivity index (χ2n) is 4.40. The number of carbonyl (C=O) groups excluding carboxylic acids is 1. The van der Waals surface area contributed by atoms with Gasteiger partial charge in [-0.2, -0.15) is 5.10 Å². The molecule has 0 amide bonds.